The highest BCUT2D eigenvalue weighted by Gasteiger charge is 2.14. The number of hydrogen-bond acceptors (Lipinski definition) is 4. The van der Waals surface area contributed by atoms with Crippen LogP contribution in [0.3, 0.4) is 0 Å². The van der Waals surface area contributed by atoms with Crippen LogP contribution in [0.4, 0.5) is 5.69 Å². The van der Waals surface area contributed by atoms with Gasteiger partial charge in [-0.2, -0.15) is 0 Å². The fourth-order valence-electron chi connectivity index (χ4n) is 2.19. The van der Waals surface area contributed by atoms with Crippen molar-refractivity contribution in [1.82, 2.24) is 0 Å². The second-order valence-electron chi connectivity index (χ2n) is 5.77. The van der Waals surface area contributed by atoms with Gasteiger partial charge in [0, 0.05) is 12.7 Å². The number of anilines is 1. The lowest BCUT2D eigenvalue weighted by Gasteiger charge is -2.25. The molecule has 4 nitrogen and oxygen atoms in total. The zero-order valence-corrected chi connectivity index (χ0v) is 16.4. The number of ketones is 1. The van der Waals surface area contributed by atoms with E-state index in [-0.39, 0.29) is 16.3 Å². The third-order valence-corrected chi connectivity index (χ3v) is 4.27. The van der Waals surface area contributed by atoms with Gasteiger partial charge in [-0.05, 0) is 68.5 Å². The van der Waals surface area contributed by atoms with Crippen LogP contribution in [0, 0.1) is 0 Å². The molecule has 0 amide bonds. The van der Waals surface area contributed by atoms with Crippen LogP contribution in [-0.4, -0.2) is 25.5 Å². The molecule has 1 unspecified atom stereocenters. The standard InChI is InChI=1S/C20H21Cl2NO3/c1-14(15(2)24)23(3)16-4-6-18(7-5-16)26-19-10-8-17(9-11-19)25-13-12-20(21)22/h4-12,14H,13H2,1-3H3. The van der Waals surface area contributed by atoms with Crippen LogP contribution in [0.15, 0.2) is 59.1 Å². The van der Waals surface area contributed by atoms with Crippen LogP contribution in [0.25, 0.3) is 0 Å². The highest BCUT2D eigenvalue weighted by Crippen LogP contribution is 2.26. The van der Waals surface area contributed by atoms with Crippen molar-refractivity contribution >= 4 is 34.7 Å². The van der Waals surface area contributed by atoms with Crippen molar-refractivity contribution in [2.24, 2.45) is 0 Å². The molecule has 1 atom stereocenters. The Morgan fingerprint density at radius 2 is 1.54 bits per heavy atom. The molecule has 0 heterocycles. The Morgan fingerprint density at radius 3 is 2.04 bits per heavy atom. The van der Waals surface area contributed by atoms with E-state index in [0.29, 0.717) is 23.9 Å². The van der Waals surface area contributed by atoms with Gasteiger partial charge in [-0.1, -0.05) is 23.2 Å². The Bertz CT molecular complexity index is 754. The van der Waals surface area contributed by atoms with Gasteiger partial charge in [0.05, 0.1) is 6.04 Å². The average Bonchev–Trinajstić information content (AvgIpc) is 2.62. The van der Waals surface area contributed by atoms with E-state index in [1.807, 2.05) is 67.4 Å². The van der Waals surface area contributed by atoms with Crippen molar-refractivity contribution in [3.63, 3.8) is 0 Å². The summed E-state index contributed by atoms with van der Waals surface area (Å²) >= 11 is 11.1. The van der Waals surface area contributed by atoms with Gasteiger partial charge in [0.2, 0.25) is 0 Å². The molecule has 0 spiro atoms. The minimum atomic E-state index is -0.169. The lowest BCUT2D eigenvalue weighted by atomic mass is 10.2. The first-order chi connectivity index (χ1) is 12.4. The number of halogens is 2. The van der Waals surface area contributed by atoms with Gasteiger partial charge in [-0.3, -0.25) is 4.79 Å². The van der Waals surface area contributed by atoms with E-state index in [1.165, 1.54) is 0 Å². The van der Waals surface area contributed by atoms with Crippen LogP contribution in [0.1, 0.15) is 13.8 Å². The summed E-state index contributed by atoms with van der Waals surface area (Å²) in [5.74, 6) is 2.22. The summed E-state index contributed by atoms with van der Waals surface area (Å²) in [6.45, 7) is 3.77. The van der Waals surface area contributed by atoms with E-state index in [4.69, 9.17) is 32.7 Å². The smallest absolute Gasteiger partial charge is 0.151 e. The lowest BCUT2D eigenvalue weighted by molar-refractivity contribution is -0.117. The quantitative estimate of drug-likeness (QED) is 0.585. The summed E-state index contributed by atoms with van der Waals surface area (Å²) in [7, 11) is 1.90. The van der Waals surface area contributed by atoms with Crippen LogP contribution in [0.2, 0.25) is 0 Å². The molecule has 2 rings (SSSR count). The molecule has 0 N–H and O–H groups in total. The van der Waals surface area contributed by atoms with Gasteiger partial charge in [0.1, 0.15) is 28.3 Å². The minimum absolute atomic E-state index is 0.124. The number of nitrogens with zero attached hydrogens (tertiary/aromatic N) is 1. The molecular formula is C20H21Cl2NO3. The third-order valence-electron chi connectivity index (χ3n) is 3.96. The lowest BCUT2D eigenvalue weighted by Crippen LogP contribution is -2.34. The van der Waals surface area contributed by atoms with Crippen molar-refractivity contribution in [3.8, 4) is 17.2 Å². The third kappa shape index (κ3) is 5.97. The Labute approximate surface area is 163 Å². The van der Waals surface area contributed by atoms with E-state index >= 15 is 0 Å². The van der Waals surface area contributed by atoms with E-state index in [1.54, 1.807) is 13.0 Å². The molecule has 0 radical (unpaired) electrons. The van der Waals surface area contributed by atoms with Gasteiger partial charge in [0.25, 0.3) is 0 Å². The molecular weight excluding hydrogens is 373 g/mol. The molecule has 0 saturated carbocycles. The number of carbonyl (C=O) groups excluding carboxylic acids is 1. The first kappa shape index (κ1) is 20.1. The van der Waals surface area contributed by atoms with Gasteiger partial charge >= 0.3 is 0 Å². The summed E-state index contributed by atoms with van der Waals surface area (Å²) in [5, 5.41) is 0. The van der Waals surface area contributed by atoms with Gasteiger partial charge in [-0.25, -0.2) is 0 Å². The minimum Gasteiger partial charge on any atom is -0.489 e. The fraction of sp³-hybridized carbons (Fsp3) is 0.250. The normalized spacial score (nSPS) is 11.4. The topological polar surface area (TPSA) is 38.8 Å². The zero-order chi connectivity index (χ0) is 19.1. The molecule has 2 aromatic carbocycles. The van der Waals surface area contributed by atoms with E-state index in [9.17, 15) is 4.79 Å². The van der Waals surface area contributed by atoms with Gasteiger partial charge in [-0.15, -0.1) is 0 Å². The first-order valence-electron chi connectivity index (χ1n) is 8.12. The second-order valence-corrected chi connectivity index (χ2v) is 6.78. The largest absolute Gasteiger partial charge is 0.489 e. The highest BCUT2D eigenvalue weighted by molar-refractivity contribution is 6.55. The van der Waals surface area contributed by atoms with Gasteiger partial charge < -0.3 is 14.4 Å². The molecule has 0 fully saturated rings. The molecule has 2 aromatic rings. The summed E-state index contributed by atoms with van der Waals surface area (Å²) < 4.78 is 11.5. The predicted octanol–water partition coefficient (Wildman–Crippen LogP) is 5.59. The molecule has 0 aliphatic rings. The molecule has 0 aliphatic heterocycles. The molecule has 138 valence electrons. The summed E-state index contributed by atoms with van der Waals surface area (Å²) in [6.07, 6.45) is 1.57. The van der Waals surface area contributed by atoms with Crippen LogP contribution < -0.4 is 14.4 Å². The zero-order valence-electron chi connectivity index (χ0n) is 14.9. The number of Topliss-reactive ketones (excluding diaryl/α,β-unsaturated/α-hetero) is 1. The molecule has 26 heavy (non-hydrogen) atoms. The van der Waals surface area contributed by atoms with E-state index in [2.05, 4.69) is 0 Å². The highest BCUT2D eigenvalue weighted by atomic mass is 35.5. The maximum atomic E-state index is 11.5. The Kier molecular flexibility index (Phi) is 7.37. The number of hydrogen-bond donors (Lipinski definition) is 0. The molecule has 0 aromatic heterocycles. The fourth-order valence-corrected chi connectivity index (χ4v) is 2.31. The van der Waals surface area contributed by atoms with Crippen LogP contribution in [0.5, 0.6) is 17.2 Å². The van der Waals surface area contributed by atoms with Crippen LogP contribution >= 0.6 is 23.2 Å². The van der Waals surface area contributed by atoms with Crippen LogP contribution in [-0.2, 0) is 4.79 Å². The predicted molar refractivity (Wildman–Crippen MR) is 107 cm³/mol. The molecule has 0 aliphatic carbocycles. The molecule has 6 heteroatoms. The summed E-state index contributed by atoms with van der Waals surface area (Å²) in [5.41, 5.74) is 0.954. The van der Waals surface area contributed by atoms with Crippen molar-refractivity contribution in [1.29, 1.82) is 0 Å². The van der Waals surface area contributed by atoms with Crippen molar-refractivity contribution in [3.05, 3.63) is 59.1 Å². The number of benzene rings is 2. The summed E-state index contributed by atoms with van der Waals surface area (Å²) in [6, 6.07) is 14.7. The average molecular weight is 394 g/mol. The molecule has 0 saturated heterocycles. The molecule has 0 bridgehead atoms. The number of likely N-dealkylation sites (N-methyl/N-ethyl adjacent to an activating group) is 1. The maximum absolute atomic E-state index is 11.5. The van der Waals surface area contributed by atoms with Crippen molar-refractivity contribution in [2.45, 2.75) is 19.9 Å². The van der Waals surface area contributed by atoms with Crippen molar-refractivity contribution < 1.29 is 14.3 Å². The number of carbonyl (C=O) groups is 1. The Balaban J connectivity index is 1.96. The SMILES string of the molecule is CC(=O)C(C)N(C)c1ccc(Oc2ccc(OCC=C(Cl)Cl)cc2)cc1. The monoisotopic (exact) mass is 393 g/mol. The maximum Gasteiger partial charge on any atom is 0.151 e. The van der Waals surface area contributed by atoms with Gasteiger partial charge in [0.15, 0.2) is 5.78 Å². The Morgan fingerprint density at radius 1 is 1.04 bits per heavy atom. The number of ether oxygens (including phenoxy) is 2. The number of rotatable bonds is 8. The van der Waals surface area contributed by atoms with E-state index in [0.717, 1.165) is 5.69 Å². The summed E-state index contributed by atoms with van der Waals surface area (Å²) in [4.78, 5) is 13.4. The van der Waals surface area contributed by atoms with E-state index < -0.39 is 0 Å². The first-order valence-corrected chi connectivity index (χ1v) is 8.87. The van der Waals surface area contributed by atoms with Crippen molar-refractivity contribution in [2.75, 3.05) is 18.6 Å². The second kappa shape index (κ2) is 9.51. The Hall–Kier alpha value is -2.17.